The molecule has 61 heavy (non-hydrogen) atoms. The Labute approximate surface area is 354 Å². The summed E-state index contributed by atoms with van der Waals surface area (Å²) in [5, 5.41) is 2.48. The van der Waals surface area contributed by atoms with Crippen molar-refractivity contribution in [2.75, 3.05) is 0 Å². The number of para-hydroxylation sites is 2. The molecule has 0 aliphatic rings. The first-order valence-electron chi connectivity index (χ1n) is 20.5. The Hall–Kier alpha value is -8.28. The maximum Gasteiger partial charge on any atom is 0.160 e. The quantitative estimate of drug-likeness (QED) is 0.154. The van der Waals surface area contributed by atoms with Crippen molar-refractivity contribution in [2.45, 2.75) is 0 Å². The normalized spacial score (nSPS) is 11.3. The Morgan fingerprint density at radius 2 is 0.607 bits per heavy atom. The number of nitrogens with zero attached hydrogens (tertiary/aromatic N) is 5. The molecule has 286 valence electrons. The van der Waals surface area contributed by atoms with Gasteiger partial charge in [0.05, 0.1) is 33.8 Å². The van der Waals surface area contributed by atoms with E-state index in [1.165, 1.54) is 21.8 Å². The molecule has 0 bridgehead atoms. The molecule has 0 amide bonds. The standard InChI is InChI=1S/C56H37N5/c1-5-17-39(18-6-1)49-36-50(40-19-7-2-8-20-40)59-56(58-49)45-34-43(38-29-31-46(32-30-38)61-53-27-15-13-25-47(53)48-26-14-16-28-54(48)61)33-44(35-45)52-37-51(41-21-9-3-10-22-41)57-55(60-52)42-23-11-4-12-24-42/h1-37H. The van der Waals surface area contributed by atoms with Crippen molar-refractivity contribution in [1.82, 2.24) is 24.5 Å². The van der Waals surface area contributed by atoms with E-state index in [2.05, 4.69) is 156 Å². The Kier molecular flexibility index (Phi) is 9.10. The van der Waals surface area contributed by atoms with Gasteiger partial charge in [-0.2, -0.15) is 0 Å². The average Bonchev–Trinajstić information content (AvgIpc) is 3.69. The average molecular weight is 780 g/mol. The molecule has 8 aromatic carbocycles. The fourth-order valence-electron chi connectivity index (χ4n) is 8.23. The van der Waals surface area contributed by atoms with E-state index in [4.69, 9.17) is 19.9 Å². The Morgan fingerprint density at radius 1 is 0.246 bits per heavy atom. The number of hydrogen-bond donors (Lipinski definition) is 0. The van der Waals surface area contributed by atoms with Gasteiger partial charge >= 0.3 is 0 Å². The lowest BCUT2D eigenvalue weighted by Crippen LogP contribution is -1.99. The molecule has 0 saturated heterocycles. The van der Waals surface area contributed by atoms with E-state index < -0.39 is 0 Å². The SMILES string of the molecule is c1ccc(-c2cc(-c3cc(-c4ccc(-n5c6ccccc6c6ccccc65)cc4)cc(-c4nc(-c5ccccc5)cc(-c5ccccc5)n4)c3)nc(-c3ccccc3)n2)cc1. The minimum absolute atomic E-state index is 0.630. The van der Waals surface area contributed by atoms with E-state index in [0.717, 1.165) is 73.0 Å². The second kappa shape index (κ2) is 15.5. The highest BCUT2D eigenvalue weighted by molar-refractivity contribution is 6.09. The van der Waals surface area contributed by atoms with Crippen LogP contribution in [0.1, 0.15) is 0 Å². The molecule has 11 aromatic rings. The fourth-order valence-corrected chi connectivity index (χ4v) is 8.23. The second-order valence-corrected chi connectivity index (χ2v) is 15.1. The summed E-state index contributed by atoms with van der Waals surface area (Å²) in [5.41, 5.74) is 14.7. The van der Waals surface area contributed by atoms with Gasteiger partial charge in [0, 0.05) is 49.8 Å². The minimum Gasteiger partial charge on any atom is -0.309 e. The highest BCUT2D eigenvalue weighted by atomic mass is 15.0. The van der Waals surface area contributed by atoms with E-state index in [1.54, 1.807) is 0 Å². The van der Waals surface area contributed by atoms with Gasteiger partial charge in [-0.05, 0) is 65.7 Å². The summed E-state index contributed by atoms with van der Waals surface area (Å²) in [5.74, 6) is 1.29. The van der Waals surface area contributed by atoms with Crippen LogP contribution in [0.25, 0.3) is 106 Å². The molecule has 0 spiro atoms. The number of aromatic nitrogens is 5. The lowest BCUT2D eigenvalue weighted by atomic mass is 9.96. The van der Waals surface area contributed by atoms with E-state index in [0.29, 0.717) is 11.6 Å². The molecule has 0 unspecified atom stereocenters. The van der Waals surface area contributed by atoms with Crippen LogP contribution in [-0.2, 0) is 0 Å². The van der Waals surface area contributed by atoms with Gasteiger partial charge in [-0.1, -0.05) is 170 Å². The monoisotopic (exact) mass is 779 g/mol. The van der Waals surface area contributed by atoms with Gasteiger partial charge < -0.3 is 4.57 Å². The molecule has 11 rings (SSSR count). The lowest BCUT2D eigenvalue weighted by Gasteiger charge is -2.14. The van der Waals surface area contributed by atoms with Crippen LogP contribution in [0.5, 0.6) is 0 Å². The third kappa shape index (κ3) is 6.94. The van der Waals surface area contributed by atoms with Crippen molar-refractivity contribution < 1.29 is 0 Å². The lowest BCUT2D eigenvalue weighted by molar-refractivity contribution is 1.17. The Bertz CT molecular complexity index is 3010. The zero-order chi connectivity index (χ0) is 40.5. The molecule has 0 aliphatic carbocycles. The zero-order valence-corrected chi connectivity index (χ0v) is 33.1. The highest BCUT2D eigenvalue weighted by Gasteiger charge is 2.17. The predicted molar refractivity (Wildman–Crippen MR) is 250 cm³/mol. The third-order valence-corrected chi connectivity index (χ3v) is 11.2. The summed E-state index contributed by atoms with van der Waals surface area (Å²) in [7, 11) is 0. The first kappa shape index (κ1) is 35.8. The van der Waals surface area contributed by atoms with Crippen LogP contribution in [0, 0.1) is 0 Å². The molecule has 0 saturated carbocycles. The minimum atomic E-state index is 0.630. The molecule has 5 nitrogen and oxygen atoms in total. The van der Waals surface area contributed by atoms with Crippen LogP contribution in [0.4, 0.5) is 0 Å². The summed E-state index contributed by atoms with van der Waals surface area (Å²) in [6, 6.07) is 78.0. The predicted octanol–water partition coefficient (Wildman–Crippen LogP) is 14.0. The van der Waals surface area contributed by atoms with Crippen molar-refractivity contribution in [3.63, 3.8) is 0 Å². The van der Waals surface area contributed by atoms with Gasteiger partial charge in [-0.3, -0.25) is 0 Å². The third-order valence-electron chi connectivity index (χ3n) is 11.2. The summed E-state index contributed by atoms with van der Waals surface area (Å²) >= 11 is 0. The summed E-state index contributed by atoms with van der Waals surface area (Å²) in [6.07, 6.45) is 0. The highest BCUT2D eigenvalue weighted by Crippen LogP contribution is 2.37. The molecule has 0 fully saturated rings. The van der Waals surface area contributed by atoms with Crippen molar-refractivity contribution in [1.29, 1.82) is 0 Å². The van der Waals surface area contributed by atoms with Gasteiger partial charge in [-0.15, -0.1) is 0 Å². The van der Waals surface area contributed by atoms with Crippen molar-refractivity contribution in [3.8, 4) is 84.6 Å². The number of hydrogen-bond acceptors (Lipinski definition) is 4. The molecular formula is C56H37N5. The fraction of sp³-hybridized carbons (Fsp3) is 0. The molecule has 3 aromatic heterocycles. The van der Waals surface area contributed by atoms with Crippen LogP contribution in [0.3, 0.4) is 0 Å². The maximum absolute atomic E-state index is 5.26. The van der Waals surface area contributed by atoms with Gasteiger partial charge in [0.15, 0.2) is 11.6 Å². The first-order valence-corrected chi connectivity index (χ1v) is 20.5. The van der Waals surface area contributed by atoms with E-state index in [1.807, 2.05) is 72.8 Å². The van der Waals surface area contributed by atoms with E-state index in [9.17, 15) is 0 Å². The Balaban J connectivity index is 1.12. The summed E-state index contributed by atoms with van der Waals surface area (Å²) < 4.78 is 2.35. The molecular weight excluding hydrogens is 743 g/mol. The smallest absolute Gasteiger partial charge is 0.160 e. The van der Waals surface area contributed by atoms with Crippen LogP contribution >= 0.6 is 0 Å². The molecule has 0 N–H and O–H groups in total. The zero-order valence-electron chi connectivity index (χ0n) is 33.1. The summed E-state index contributed by atoms with van der Waals surface area (Å²) in [4.78, 5) is 20.9. The van der Waals surface area contributed by atoms with Crippen LogP contribution < -0.4 is 0 Å². The molecule has 0 radical (unpaired) electrons. The van der Waals surface area contributed by atoms with Crippen LogP contribution in [0.15, 0.2) is 224 Å². The number of fused-ring (bicyclic) bond motifs is 3. The molecule has 3 heterocycles. The first-order chi connectivity index (χ1) is 30.2. The molecule has 0 atom stereocenters. The Morgan fingerprint density at radius 3 is 1.08 bits per heavy atom. The van der Waals surface area contributed by atoms with Gasteiger partial charge in [0.1, 0.15) is 0 Å². The van der Waals surface area contributed by atoms with Crippen molar-refractivity contribution in [3.05, 3.63) is 224 Å². The molecule has 5 heteroatoms. The maximum atomic E-state index is 5.26. The number of rotatable bonds is 8. The van der Waals surface area contributed by atoms with Crippen molar-refractivity contribution in [2.24, 2.45) is 0 Å². The topological polar surface area (TPSA) is 56.5 Å². The van der Waals surface area contributed by atoms with Gasteiger partial charge in [-0.25, -0.2) is 19.9 Å². The molecule has 0 aliphatic heterocycles. The van der Waals surface area contributed by atoms with Crippen molar-refractivity contribution >= 4 is 21.8 Å². The second-order valence-electron chi connectivity index (χ2n) is 15.1. The number of benzene rings is 8. The van der Waals surface area contributed by atoms with Gasteiger partial charge in [0.2, 0.25) is 0 Å². The van der Waals surface area contributed by atoms with Crippen LogP contribution in [0.2, 0.25) is 0 Å². The largest absolute Gasteiger partial charge is 0.309 e. The van der Waals surface area contributed by atoms with E-state index in [-0.39, 0.29) is 0 Å². The van der Waals surface area contributed by atoms with Gasteiger partial charge in [0.25, 0.3) is 0 Å². The van der Waals surface area contributed by atoms with E-state index >= 15 is 0 Å². The summed E-state index contributed by atoms with van der Waals surface area (Å²) in [6.45, 7) is 0. The van der Waals surface area contributed by atoms with Crippen LogP contribution in [-0.4, -0.2) is 24.5 Å².